The number of hydrogen-bond donors (Lipinski definition) is 0. The summed E-state index contributed by atoms with van der Waals surface area (Å²) in [5, 5.41) is 0.0334. The fraction of sp³-hybridized carbons (Fsp3) is 0.208. The average Bonchev–Trinajstić information content (AvgIpc) is 3.63. The molecule has 0 aliphatic carbocycles. The Hall–Kier alpha value is -7.36. The van der Waals surface area contributed by atoms with Crippen molar-refractivity contribution < 1.29 is 38.1 Å². The molecule has 2 aliphatic rings. The Bertz CT molecular complexity index is 2840. The van der Waals surface area contributed by atoms with Gasteiger partial charge in [-0.05, 0) is 66.7 Å². The maximum atomic E-state index is 14.5. The van der Waals surface area contributed by atoms with Gasteiger partial charge in [-0.25, -0.2) is 4.79 Å². The molecule has 0 N–H and O–H groups in total. The van der Waals surface area contributed by atoms with Gasteiger partial charge in [-0.1, -0.05) is 66.5 Å². The van der Waals surface area contributed by atoms with Crippen LogP contribution in [0.25, 0.3) is 0 Å². The Morgan fingerprint density at radius 1 is 0.580 bits per heavy atom. The third kappa shape index (κ3) is 9.70. The van der Waals surface area contributed by atoms with Crippen LogP contribution in [-0.4, -0.2) is 53.4 Å². The van der Waals surface area contributed by atoms with Crippen molar-refractivity contribution in [1.82, 2.24) is 29.7 Å². The Labute approximate surface area is 407 Å². The lowest BCUT2D eigenvalue weighted by Gasteiger charge is -2.40. The van der Waals surface area contributed by atoms with Crippen LogP contribution in [0.4, 0.5) is 0 Å². The van der Waals surface area contributed by atoms with Crippen molar-refractivity contribution in [2.75, 3.05) is 0 Å². The van der Waals surface area contributed by atoms with Gasteiger partial charge in [-0.2, -0.15) is 0 Å². The molecule has 6 heterocycles. The number of ether oxygens (including phenoxy) is 4. The van der Waals surface area contributed by atoms with E-state index in [0.29, 0.717) is 48.4 Å². The minimum atomic E-state index is -1.84. The largest absolute Gasteiger partial charge is 0.455 e. The van der Waals surface area contributed by atoms with E-state index in [-0.39, 0.29) is 75.0 Å². The molecule has 69 heavy (non-hydrogen) atoms. The number of benzene rings is 3. The zero-order valence-corrected chi connectivity index (χ0v) is 39.3. The molecule has 14 nitrogen and oxygen atoms in total. The standard InChI is InChI=1S/C53H44Cl2N6O8/c1-4-47(64)34-17-18-42-39(23-34)52(65)69-53(42)43-24-45(54)50(66-32(2)62)40(30-60(26-35-13-5-9-19-56-35)27-36-14-6-10-20-57-36)48(43)68-49-41(51(67-33(3)63)46(55)25-44(49)53)31-61(28-37-15-7-11-21-58-37)29-38-16-8-12-22-59-38/h5-25H,4,26-31H2,1-3H3. The lowest BCUT2D eigenvalue weighted by molar-refractivity contribution is -0.132. The molecule has 7 aromatic rings. The molecule has 0 atom stereocenters. The predicted molar refractivity (Wildman–Crippen MR) is 255 cm³/mol. The molecule has 1 spiro atoms. The molecule has 0 saturated heterocycles. The molecule has 0 saturated carbocycles. The van der Waals surface area contributed by atoms with Crippen LogP contribution in [0.3, 0.4) is 0 Å². The number of rotatable bonds is 16. The van der Waals surface area contributed by atoms with Crippen LogP contribution in [0.5, 0.6) is 23.0 Å². The quantitative estimate of drug-likeness (QED) is 0.0511. The number of carbonyl (C=O) groups is 4. The number of ketones is 1. The smallest absolute Gasteiger partial charge is 0.340 e. The second-order valence-electron chi connectivity index (χ2n) is 16.6. The highest BCUT2D eigenvalue weighted by molar-refractivity contribution is 6.33. The molecule has 9 rings (SSSR count). The first kappa shape index (κ1) is 46.7. The maximum absolute atomic E-state index is 14.5. The first-order valence-electron chi connectivity index (χ1n) is 22.1. The summed E-state index contributed by atoms with van der Waals surface area (Å²) in [5.41, 5.74) is 3.13. The first-order valence-corrected chi connectivity index (χ1v) is 22.9. The summed E-state index contributed by atoms with van der Waals surface area (Å²) in [4.78, 5) is 76.3. The predicted octanol–water partition coefficient (Wildman–Crippen LogP) is 9.99. The van der Waals surface area contributed by atoms with E-state index in [2.05, 4.69) is 19.9 Å². The van der Waals surface area contributed by atoms with Crippen LogP contribution in [0.1, 0.15) is 98.5 Å². The summed E-state index contributed by atoms with van der Waals surface area (Å²) in [5.74, 6) is -1.91. The SMILES string of the molecule is CCC(=O)c1ccc2c(c1)C(=O)OC21c2cc(Cl)c(OC(C)=O)c(CN(Cc3ccccn3)Cc3ccccn3)c2Oc2c1cc(Cl)c(OC(C)=O)c2CN(Cc1ccccn1)Cc1ccccn1. The number of pyridine rings is 4. The van der Waals surface area contributed by atoms with E-state index in [4.69, 9.17) is 42.1 Å². The molecule has 4 aromatic heterocycles. The van der Waals surface area contributed by atoms with E-state index in [1.54, 1.807) is 56.0 Å². The molecular formula is C53H44Cl2N6O8. The van der Waals surface area contributed by atoms with E-state index >= 15 is 0 Å². The molecule has 16 heteroatoms. The van der Waals surface area contributed by atoms with Crippen LogP contribution in [0.15, 0.2) is 128 Å². The zero-order chi connectivity index (χ0) is 48.2. The van der Waals surface area contributed by atoms with Crippen molar-refractivity contribution in [3.8, 4) is 23.0 Å². The number of halogens is 2. The molecule has 0 unspecified atom stereocenters. The van der Waals surface area contributed by atoms with Gasteiger partial charge in [-0.3, -0.25) is 44.1 Å². The van der Waals surface area contributed by atoms with Crippen LogP contribution < -0.4 is 14.2 Å². The minimum absolute atomic E-state index is 0.00430. The van der Waals surface area contributed by atoms with Gasteiger partial charge < -0.3 is 18.9 Å². The van der Waals surface area contributed by atoms with Crippen molar-refractivity contribution in [2.45, 2.75) is 72.1 Å². The van der Waals surface area contributed by atoms with Crippen molar-refractivity contribution in [1.29, 1.82) is 0 Å². The number of Topliss-reactive ketones (excluding diaryl/α,β-unsaturated/α-hetero) is 1. The number of hydrogen-bond acceptors (Lipinski definition) is 14. The zero-order valence-electron chi connectivity index (χ0n) is 37.8. The molecule has 0 bridgehead atoms. The Morgan fingerprint density at radius 2 is 1.00 bits per heavy atom. The second kappa shape index (κ2) is 20.1. The van der Waals surface area contributed by atoms with Crippen molar-refractivity contribution >= 4 is 46.9 Å². The summed E-state index contributed by atoms with van der Waals surface area (Å²) in [6.45, 7) is 5.55. The molecule has 0 fully saturated rings. The van der Waals surface area contributed by atoms with Gasteiger partial charge in [0.15, 0.2) is 22.9 Å². The first-order chi connectivity index (χ1) is 33.4. The highest BCUT2D eigenvalue weighted by Gasteiger charge is 2.56. The summed E-state index contributed by atoms with van der Waals surface area (Å²) < 4.78 is 25.9. The van der Waals surface area contributed by atoms with E-state index in [1.165, 1.54) is 19.9 Å². The highest BCUT2D eigenvalue weighted by Crippen LogP contribution is 2.61. The molecule has 0 radical (unpaired) electrons. The monoisotopic (exact) mass is 962 g/mol. The second-order valence-corrected chi connectivity index (χ2v) is 17.4. The van der Waals surface area contributed by atoms with Gasteiger partial charge >= 0.3 is 17.9 Å². The molecule has 0 amide bonds. The molecule has 2 aliphatic heterocycles. The van der Waals surface area contributed by atoms with Crippen molar-refractivity contribution in [2.24, 2.45) is 0 Å². The van der Waals surface area contributed by atoms with E-state index < -0.39 is 23.5 Å². The van der Waals surface area contributed by atoms with Gasteiger partial charge in [-0.15, -0.1) is 0 Å². The molecule has 348 valence electrons. The van der Waals surface area contributed by atoms with Crippen LogP contribution in [0.2, 0.25) is 10.0 Å². The van der Waals surface area contributed by atoms with Crippen molar-refractivity contribution in [3.63, 3.8) is 0 Å². The number of nitrogens with zero attached hydrogens (tertiary/aromatic N) is 6. The van der Waals surface area contributed by atoms with Gasteiger partial charge in [0.05, 0.1) is 49.5 Å². The van der Waals surface area contributed by atoms with E-state index in [0.717, 1.165) is 22.8 Å². The topological polar surface area (TPSA) is 163 Å². The summed E-state index contributed by atoms with van der Waals surface area (Å²) >= 11 is 14.5. The number of carbonyl (C=O) groups excluding carboxylic acids is 4. The van der Waals surface area contributed by atoms with Crippen LogP contribution >= 0.6 is 23.2 Å². The van der Waals surface area contributed by atoms with E-state index in [9.17, 15) is 19.2 Å². The van der Waals surface area contributed by atoms with Gasteiger partial charge in [0.1, 0.15) is 11.5 Å². The average molecular weight is 964 g/mol. The fourth-order valence-electron chi connectivity index (χ4n) is 8.85. The van der Waals surface area contributed by atoms with Gasteiger partial charge in [0.2, 0.25) is 0 Å². The fourth-order valence-corrected chi connectivity index (χ4v) is 9.37. The summed E-state index contributed by atoms with van der Waals surface area (Å²) in [6.07, 6.45) is 7.01. The van der Waals surface area contributed by atoms with Crippen molar-refractivity contribution in [3.05, 3.63) is 200 Å². The van der Waals surface area contributed by atoms with Gasteiger partial charge in [0.25, 0.3) is 0 Å². The van der Waals surface area contributed by atoms with Crippen LogP contribution in [0, 0.1) is 0 Å². The Kier molecular flexibility index (Phi) is 13.6. The lowest BCUT2D eigenvalue weighted by Crippen LogP contribution is -2.35. The Morgan fingerprint density at radius 3 is 1.36 bits per heavy atom. The number of esters is 3. The normalized spacial score (nSPS) is 13.1. The number of fused-ring (bicyclic) bond motifs is 6. The van der Waals surface area contributed by atoms with Gasteiger partial charge in [0, 0.05) is 107 Å². The highest BCUT2D eigenvalue weighted by atomic mass is 35.5. The maximum Gasteiger partial charge on any atom is 0.340 e. The molecular weight excluding hydrogens is 920 g/mol. The minimum Gasteiger partial charge on any atom is -0.455 e. The van der Waals surface area contributed by atoms with Crippen LogP contribution in [-0.2, 0) is 59.2 Å². The van der Waals surface area contributed by atoms with E-state index in [1.807, 2.05) is 82.6 Å². The third-order valence-electron chi connectivity index (χ3n) is 11.7. The Balaban J connectivity index is 1.32. The third-order valence-corrected chi connectivity index (χ3v) is 12.3. The summed E-state index contributed by atoms with van der Waals surface area (Å²) in [6, 6.07) is 30.4. The lowest BCUT2D eigenvalue weighted by atomic mass is 9.75. The number of aromatic nitrogens is 4. The molecule has 3 aromatic carbocycles. The summed E-state index contributed by atoms with van der Waals surface area (Å²) in [7, 11) is 0.